The Balaban J connectivity index is 1.46. The Labute approximate surface area is 150 Å². The average Bonchev–Trinajstić information content (AvgIpc) is 3.13. The van der Waals surface area contributed by atoms with Crippen LogP contribution in [0, 0.1) is 5.82 Å². The molecule has 1 aromatic carbocycles. The molecule has 0 unspecified atom stereocenters. The molecule has 1 atom stereocenters. The molecule has 0 radical (unpaired) electrons. The molecule has 0 spiro atoms. The zero-order chi connectivity index (χ0) is 17.8. The van der Waals surface area contributed by atoms with Gasteiger partial charge in [0, 0.05) is 37.8 Å². The lowest BCUT2D eigenvalue weighted by molar-refractivity contribution is -0.142. The maximum Gasteiger partial charge on any atom is 0.251 e. The van der Waals surface area contributed by atoms with Crippen molar-refractivity contribution in [3.05, 3.63) is 29.0 Å². The van der Waals surface area contributed by atoms with Crippen molar-refractivity contribution in [1.82, 2.24) is 9.80 Å². The van der Waals surface area contributed by atoms with Crippen LogP contribution < -0.4 is 5.32 Å². The predicted octanol–water partition coefficient (Wildman–Crippen LogP) is 1.74. The third kappa shape index (κ3) is 4.68. The van der Waals surface area contributed by atoms with Crippen molar-refractivity contribution in [2.45, 2.75) is 18.9 Å². The normalized spacial score (nSPS) is 21.4. The zero-order valence-electron chi connectivity index (χ0n) is 13.8. The molecule has 2 fully saturated rings. The number of ether oxygens (including phenoxy) is 1. The van der Waals surface area contributed by atoms with Gasteiger partial charge >= 0.3 is 0 Å². The van der Waals surface area contributed by atoms with Gasteiger partial charge in [0.25, 0.3) is 5.91 Å². The molecular weight excluding hydrogens is 349 g/mol. The maximum atomic E-state index is 13.7. The summed E-state index contributed by atoms with van der Waals surface area (Å²) in [6.45, 7) is 3.13. The molecule has 1 aromatic rings. The van der Waals surface area contributed by atoms with E-state index < -0.39 is 5.82 Å². The molecule has 2 aliphatic heterocycles. The van der Waals surface area contributed by atoms with Gasteiger partial charge in [0.1, 0.15) is 11.9 Å². The maximum absolute atomic E-state index is 13.7. The fourth-order valence-electron chi connectivity index (χ4n) is 3.09. The Kier molecular flexibility index (Phi) is 5.88. The highest BCUT2D eigenvalue weighted by Crippen LogP contribution is 2.20. The van der Waals surface area contributed by atoms with Crippen molar-refractivity contribution < 1.29 is 18.7 Å². The van der Waals surface area contributed by atoms with Crippen molar-refractivity contribution in [2.75, 3.05) is 44.6 Å². The number of hydrogen-bond acceptors (Lipinski definition) is 4. The topological polar surface area (TPSA) is 61.9 Å². The van der Waals surface area contributed by atoms with Gasteiger partial charge < -0.3 is 15.0 Å². The minimum Gasteiger partial charge on any atom is -0.368 e. The highest BCUT2D eigenvalue weighted by molar-refractivity contribution is 6.30. The van der Waals surface area contributed by atoms with Gasteiger partial charge in [-0.3, -0.25) is 14.5 Å². The van der Waals surface area contributed by atoms with Gasteiger partial charge in [-0.15, -0.1) is 0 Å². The van der Waals surface area contributed by atoms with E-state index in [2.05, 4.69) is 5.32 Å². The molecule has 8 heteroatoms. The Hall–Kier alpha value is -1.70. The number of anilines is 1. The summed E-state index contributed by atoms with van der Waals surface area (Å²) >= 11 is 5.82. The molecule has 2 aliphatic rings. The van der Waals surface area contributed by atoms with E-state index in [1.54, 1.807) is 4.90 Å². The number of piperazine rings is 1. The molecule has 0 bridgehead atoms. The van der Waals surface area contributed by atoms with Gasteiger partial charge in [0.15, 0.2) is 0 Å². The van der Waals surface area contributed by atoms with Gasteiger partial charge in [0.2, 0.25) is 5.91 Å². The van der Waals surface area contributed by atoms with Crippen LogP contribution in [0.1, 0.15) is 12.8 Å². The summed E-state index contributed by atoms with van der Waals surface area (Å²) in [5.74, 6) is -0.785. The number of benzene rings is 1. The van der Waals surface area contributed by atoms with Crippen molar-refractivity contribution in [3.8, 4) is 0 Å². The van der Waals surface area contributed by atoms with Crippen LogP contribution in [0.3, 0.4) is 0 Å². The molecule has 1 N–H and O–H groups in total. The van der Waals surface area contributed by atoms with E-state index in [9.17, 15) is 14.0 Å². The third-order valence-electron chi connectivity index (χ3n) is 4.46. The molecule has 0 aliphatic carbocycles. The van der Waals surface area contributed by atoms with Crippen LogP contribution in [-0.2, 0) is 14.3 Å². The average molecular weight is 370 g/mol. The van der Waals surface area contributed by atoms with Crippen molar-refractivity contribution in [3.63, 3.8) is 0 Å². The van der Waals surface area contributed by atoms with Crippen LogP contribution in [-0.4, -0.2) is 67.0 Å². The van der Waals surface area contributed by atoms with Gasteiger partial charge in [-0.1, -0.05) is 11.6 Å². The van der Waals surface area contributed by atoms with E-state index in [1.807, 2.05) is 4.90 Å². The first-order chi connectivity index (χ1) is 12.0. The fraction of sp³-hybridized carbons (Fsp3) is 0.529. The summed E-state index contributed by atoms with van der Waals surface area (Å²) in [4.78, 5) is 28.1. The predicted molar refractivity (Wildman–Crippen MR) is 92.0 cm³/mol. The van der Waals surface area contributed by atoms with Gasteiger partial charge in [-0.25, -0.2) is 4.39 Å². The van der Waals surface area contributed by atoms with Crippen molar-refractivity contribution in [2.24, 2.45) is 0 Å². The summed E-state index contributed by atoms with van der Waals surface area (Å²) < 4.78 is 19.1. The van der Waals surface area contributed by atoms with Crippen molar-refractivity contribution in [1.29, 1.82) is 0 Å². The second-order valence-corrected chi connectivity index (χ2v) is 6.71. The molecule has 0 saturated carbocycles. The van der Waals surface area contributed by atoms with E-state index in [1.165, 1.54) is 18.2 Å². The first-order valence-corrected chi connectivity index (χ1v) is 8.78. The van der Waals surface area contributed by atoms with Gasteiger partial charge in [-0.05, 0) is 31.0 Å². The quantitative estimate of drug-likeness (QED) is 0.878. The van der Waals surface area contributed by atoms with Crippen LogP contribution >= 0.6 is 11.6 Å². The first-order valence-electron chi connectivity index (χ1n) is 8.40. The largest absolute Gasteiger partial charge is 0.368 e. The Morgan fingerprint density at radius 2 is 2.04 bits per heavy atom. The number of hydrogen-bond donors (Lipinski definition) is 1. The Bertz CT molecular complexity index is 644. The summed E-state index contributed by atoms with van der Waals surface area (Å²) in [6.07, 6.45) is 1.41. The number of carbonyl (C=O) groups is 2. The zero-order valence-corrected chi connectivity index (χ0v) is 14.6. The third-order valence-corrected chi connectivity index (χ3v) is 4.69. The highest BCUT2D eigenvalue weighted by Gasteiger charge is 2.30. The fourth-order valence-corrected chi connectivity index (χ4v) is 3.26. The minimum atomic E-state index is -0.523. The molecule has 3 rings (SSSR count). The van der Waals surface area contributed by atoms with E-state index in [4.69, 9.17) is 16.3 Å². The highest BCUT2D eigenvalue weighted by atomic mass is 35.5. The van der Waals surface area contributed by atoms with E-state index in [0.717, 1.165) is 12.8 Å². The molecule has 25 heavy (non-hydrogen) atoms. The van der Waals surface area contributed by atoms with Crippen LogP contribution in [0.2, 0.25) is 5.02 Å². The molecular formula is C17H21ClFN3O3. The summed E-state index contributed by atoms with van der Waals surface area (Å²) in [6, 6.07) is 4.03. The lowest BCUT2D eigenvalue weighted by atomic mass is 10.2. The molecule has 2 heterocycles. The smallest absolute Gasteiger partial charge is 0.251 e. The minimum absolute atomic E-state index is 0.0441. The number of halogens is 2. The van der Waals surface area contributed by atoms with Crippen molar-refractivity contribution >= 4 is 29.1 Å². The molecule has 0 aromatic heterocycles. The molecule has 6 nitrogen and oxygen atoms in total. The monoisotopic (exact) mass is 369 g/mol. The molecule has 136 valence electrons. The van der Waals surface area contributed by atoms with Crippen LogP contribution in [0.5, 0.6) is 0 Å². The SMILES string of the molecule is O=C(CN1CCN(C(=O)[C@H]2CCCO2)CC1)Nc1cc(Cl)ccc1F. The van der Waals surface area contributed by atoms with E-state index in [0.29, 0.717) is 37.8 Å². The van der Waals surface area contributed by atoms with Gasteiger partial charge in [-0.2, -0.15) is 0 Å². The second-order valence-electron chi connectivity index (χ2n) is 6.28. The number of nitrogens with zero attached hydrogens (tertiary/aromatic N) is 2. The van der Waals surface area contributed by atoms with Crippen LogP contribution in [0.15, 0.2) is 18.2 Å². The lowest BCUT2D eigenvalue weighted by Crippen LogP contribution is -2.52. The van der Waals surface area contributed by atoms with Gasteiger partial charge in [0.05, 0.1) is 12.2 Å². The summed E-state index contributed by atoms with van der Waals surface area (Å²) in [7, 11) is 0. The number of nitrogens with one attached hydrogen (secondary N) is 1. The van der Waals surface area contributed by atoms with Crippen LogP contribution in [0.4, 0.5) is 10.1 Å². The number of carbonyl (C=O) groups excluding carboxylic acids is 2. The first kappa shape index (κ1) is 18.1. The standard InChI is InChI=1S/C17H21ClFN3O3/c18-12-3-4-13(19)14(10-12)20-16(23)11-21-5-7-22(8-6-21)17(24)15-2-1-9-25-15/h3-4,10,15H,1-2,5-9,11H2,(H,20,23)/t15-/m1/s1. The van der Waals surface area contributed by atoms with E-state index in [-0.39, 0.29) is 30.2 Å². The second kappa shape index (κ2) is 8.12. The van der Waals surface area contributed by atoms with E-state index >= 15 is 0 Å². The summed E-state index contributed by atoms with van der Waals surface area (Å²) in [5, 5.41) is 2.90. The Morgan fingerprint density at radius 3 is 2.72 bits per heavy atom. The number of rotatable bonds is 4. The van der Waals surface area contributed by atoms with Crippen LogP contribution in [0.25, 0.3) is 0 Å². The summed E-state index contributed by atoms with van der Waals surface area (Å²) in [5.41, 5.74) is 0.0738. The molecule has 2 saturated heterocycles. The molecule has 2 amide bonds. The number of amides is 2. The Morgan fingerprint density at radius 1 is 1.28 bits per heavy atom. The lowest BCUT2D eigenvalue weighted by Gasteiger charge is -2.35.